The van der Waals surface area contributed by atoms with E-state index in [0.29, 0.717) is 11.8 Å². The highest BCUT2D eigenvalue weighted by atomic mass is 16.2. The minimum absolute atomic E-state index is 0.0299. The smallest absolute Gasteiger partial charge is 0.324 e. The molecule has 0 aromatic heterocycles. The summed E-state index contributed by atoms with van der Waals surface area (Å²) >= 11 is 0. The van der Waals surface area contributed by atoms with Gasteiger partial charge in [0.05, 0.1) is 6.34 Å². The van der Waals surface area contributed by atoms with Crippen LogP contribution in [0.1, 0.15) is 19.3 Å². The molecule has 0 aromatic carbocycles. The topological polar surface area (TPSA) is 80.6 Å². The van der Waals surface area contributed by atoms with Crippen LogP contribution in [0, 0.1) is 17.2 Å². The predicted molar refractivity (Wildman–Crippen MR) is 66.2 cm³/mol. The number of amides is 2. The molecule has 1 saturated carbocycles. The summed E-state index contributed by atoms with van der Waals surface area (Å²) in [6.45, 7) is 1.68. The third-order valence-corrected chi connectivity index (χ3v) is 3.58. The molecule has 2 unspecified atom stereocenters. The molecule has 0 radical (unpaired) electrons. The van der Waals surface area contributed by atoms with Crippen molar-refractivity contribution in [3.05, 3.63) is 0 Å². The van der Waals surface area contributed by atoms with Crippen LogP contribution in [-0.4, -0.2) is 43.4 Å². The molecule has 1 heterocycles. The van der Waals surface area contributed by atoms with Gasteiger partial charge >= 0.3 is 6.03 Å². The number of fused-ring (bicyclic) bond motifs is 1. The van der Waals surface area contributed by atoms with Crippen molar-refractivity contribution in [2.75, 3.05) is 20.1 Å². The molecule has 6 nitrogen and oxygen atoms in total. The molecule has 3 N–H and O–H groups in total. The van der Waals surface area contributed by atoms with Gasteiger partial charge in [0, 0.05) is 20.1 Å². The number of aliphatic imine (C=N–C) groups is 1. The Bertz CT molecular complexity index is 329. The number of hydrogen-bond donors (Lipinski definition) is 3. The maximum Gasteiger partial charge on any atom is 0.324 e. The maximum absolute atomic E-state index is 11.8. The summed E-state index contributed by atoms with van der Waals surface area (Å²) in [6.07, 6.45) is 5.16. The van der Waals surface area contributed by atoms with Crippen molar-refractivity contribution in [2.45, 2.75) is 19.3 Å². The molecule has 2 fully saturated rings. The normalized spacial score (nSPS) is 27.2. The molecule has 2 rings (SSSR count). The lowest BCUT2D eigenvalue weighted by Crippen LogP contribution is -2.46. The van der Waals surface area contributed by atoms with Gasteiger partial charge in [-0.05, 0) is 24.7 Å². The quantitative estimate of drug-likeness (QED) is 0.461. The molecule has 2 atom stereocenters. The van der Waals surface area contributed by atoms with E-state index in [9.17, 15) is 4.79 Å². The molecule has 2 amide bonds. The van der Waals surface area contributed by atoms with Crippen LogP contribution in [0.25, 0.3) is 0 Å². The summed E-state index contributed by atoms with van der Waals surface area (Å²) in [4.78, 5) is 17.3. The number of guanidine groups is 1. The zero-order valence-corrected chi connectivity index (χ0v) is 10.1. The highest BCUT2D eigenvalue weighted by Gasteiger charge is 2.38. The van der Waals surface area contributed by atoms with Gasteiger partial charge in [-0.1, -0.05) is 6.42 Å². The summed E-state index contributed by atoms with van der Waals surface area (Å²) in [5, 5.41) is 12.6. The SMILES string of the molecule is CN=CNC(=N)NC(=O)N1CC2CCCC2C1. The zero-order chi connectivity index (χ0) is 12.3. The number of carbonyl (C=O) groups excluding carboxylic acids is 1. The van der Waals surface area contributed by atoms with Gasteiger partial charge < -0.3 is 10.2 Å². The largest absolute Gasteiger partial charge is 0.324 e. The Kier molecular flexibility index (Phi) is 3.61. The number of carbonyl (C=O) groups is 1. The number of nitrogens with one attached hydrogen (secondary N) is 3. The average Bonchev–Trinajstić information content (AvgIpc) is 2.86. The van der Waals surface area contributed by atoms with Crippen molar-refractivity contribution < 1.29 is 4.79 Å². The molecule has 0 aromatic rings. The van der Waals surface area contributed by atoms with Crippen molar-refractivity contribution in [2.24, 2.45) is 16.8 Å². The Morgan fingerprint density at radius 2 is 2.06 bits per heavy atom. The van der Waals surface area contributed by atoms with Gasteiger partial charge in [-0.15, -0.1) is 0 Å². The van der Waals surface area contributed by atoms with E-state index in [2.05, 4.69) is 15.6 Å². The number of hydrogen-bond acceptors (Lipinski definition) is 3. The molecule has 0 spiro atoms. The minimum Gasteiger partial charge on any atom is -0.324 e. The molecule has 17 heavy (non-hydrogen) atoms. The van der Waals surface area contributed by atoms with Crippen LogP contribution in [0.3, 0.4) is 0 Å². The highest BCUT2D eigenvalue weighted by Crippen LogP contribution is 2.37. The van der Waals surface area contributed by atoms with Gasteiger partial charge in [0.15, 0.2) is 0 Å². The molecular weight excluding hydrogens is 218 g/mol. The first-order chi connectivity index (χ1) is 8.20. The molecule has 6 heteroatoms. The van der Waals surface area contributed by atoms with Crippen LogP contribution in [0.4, 0.5) is 4.79 Å². The molecule has 2 aliphatic rings. The fraction of sp³-hybridized carbons (Fsp3) is 0.727. The molecule has 1 aliphatic heterocycles. The second kappa shape index (κ2) is 5.16. The molecular formula is C11H19N5O. The van der Waals surface area contributed by atoms with E-state index < -0.39 is 0 Å². The third-order valence-electron chi connectivity index (χ3n) is 3.58. The first kappa shape index (κ1) is 11.9. The Labute approximate surface area is 101 Å². The lowest BCUT2D eigenvalue weighted by atomic mass is 10.0. The molecule has 1 aliphatic carbocycles. The van der Waals surface area contributed by atoms with Crippen LogP contribution >= 0.6 is 0 Å². The number of likely N-dealkylation sites (tertiary alicyclic amines) is 1. The first-order valence-electron chi connectivity index (χ1n) is 6.02. The minimum atomic E-state index is -0.179. The van der Waals surface area contributed by atoms with Crippen molar-refractivity contribution >= 4 is 18.3 Å². The maximum atomic E-state index is 11.8. The van der Waals surface area contributed by atoms with Gasteiger partial charge in [0.1, 0.15) is 0 Å². The zero-order valence-electron chi connectivity index (χ0n) is 10.1. The highest BCUT2D eigenvalue weighted by molar-refractivity contribution is 5.99. The van der Waals surface area contributed by atoms with Gasteiger partial charge in [0.25, 0.3) is 0 Å². The van der Waals surface area contributed by atoms with Gasteiger partial charge in [0.2, 0.25) is 5.96 Å². The average molecular weight is 237 g/mol. The summed E-state index contributed by atoms with van der Waals surface area (Å²) in [7, 11) is 1.60. The van der Waals surface area contributed by atoms with Crippen LogP contribution in [0.2, 0.25) is 0 Å². The third kappa shape index (κ3) is 2.75. The summed E-state index contributed by atoms with van der Waals surface area (Å²) in [5.41, 5.74) is 0. The van der Waals surface area contributed by atoms with Crippen molar-refractivity contribution in [3.8, 4) is 0 Å². The molecule has 94 valence electrons. The lowest BCUT2D eigenvalue weighted by molar-refractivity contribution is 0.210. The van der Waals surface area contributed by atoms with E-state index in [1.165, 1.54) is 25.6 Å². The van der Waals surface area contributed by atoms with E-state index in [1.807, 2.05) is 4.90 Å². The van der Waals surface area contributed by atoms with Gasteiger partial charge in [-0.3, -0.25) is 15.7 Å². The lowest BCUT2D eigenvalue weighted by Gasteiger charge is -2.18. The van der Waals surface area contributed by atoms with Crippen LogP contribution in [0.15, 0.2) is 4.99 Å². The monoisotopic (exact) mass is 237 g/mol. The Morgan fingerprint density at radius 1 is 1.41 bits per heavy atom. The fourth-order valence-electron chi connectivity index (χ4n) is 2.75. The van der Waals surface area contributed by atoms with Crippen molar-refractivity contribution in [1.29, 1.82) is 5.41 Å². The van der Waals surface area contributed by atoms with Crippen LogP contribution in [0.5, 0.6) is 0 Å². The summed E-state index contributed by atoms with van der Waals surface area (Å²) < 4.78 is 0. The Balaban J connectivity index is 1.79. The standard InChI is InChI=1S/C11H19N5O/c1-13-7-14-10(12)15-11(17)16-5-8-3-2-4-9(8)6-16/h7-9H,2-6H2,1H3,(H3,12,13,14,15,17). The van der Waals surface area contributed by atoms with Gasteiger partial charge in [-0.25, -0.2) is 4.79 Å². The van der Waals surface area contributed by atoms with E-state index in [4.69, 9.17) is 5.41 Å². The van der Waals surface area contributed by atoms with Crippen LogP contribution in [-0.2, 0) is 0 Å². The van der Waals surface area contributed by atoms with E-state index in [1.54, 1.807) is 7.05 Å². The van der Waals surface area contributed by atoms with E-state index >= 15 is 0 Å². The summed E-state index contributed by atoms with van der Waals surface area (Å²) in [5.74, 6) is 1.33. The van der Waals surface area contributed by atoms with Crippen molar-refractivity contribution in [3.63, 3.8) is 0 Å². The fourth-order valence-corrected chi connectivity index (χ4v) is 2.75. The Morgan fingerprint density at radius 3 is 2.65 bits per heavy atom. The van der Waals surface area contributed by atoms with E-state index in [0.717, 1.165) is 13.1 Å². The first-order valence-corrected chi connectivity index (χ1v) is 6.02. The van der Waals surface area contributed by atoms with Crippen LogP contribution < -0.4 is 10.6 Å². The molecule has 0 bridgehead atoms. The number of rotatable bonds is 1. The number of urea groups is 1. The second-order valence-electron chi connectivity index (χ2n) is 4.69. The summed E-state index contributed by atoms with van der Waals surface area (Å²) in [6, 6.07) is -0.179. The molecule has 1 saturated heterocycles. The predicted octanol–water partition coefficient (Wildman–Crippen LogP) is 0.610. The van der Waals surface area contributed by atoms with E-state index in [-0.39, 0.29) is 12.0 Å². The number of nitrogens with zero attached hydrogens (tertiary/aromatic N) is 2. The Hall–Kier alpha value is -1.59. The van der Waals surface area contributed by atoms with Gasteiger partial charge in [-0.2, -0.15) is 0 Å². The second-order valence-corrected chi connectivity index (χ2v) is 4.69. The van der Waals surface area contributed by atoms with Crippen molar-refractivity contribution in [1.82, 2.24) is 15.5 Å².